The number of carbonyl (C=O) groups excluding carboxylic acids is 1. The molecule has 1 N–H and O–H groups in total. The molecule has 6 nitrogen and oxygen atoms in total. The van der Waals surface area contributed by atoms with E-state index in [1.165, 1.54) is 18.2 Å². The molecule has 0 aliphatic rings. The van der Waals surface area contributed by atoms with Crippen LogP contribution < -0.4 is 5.32 Å². The van der Waals surface area contributed by atoms with Gasteiger partial charge >= 0.3 is 0 Å². The first kappa shape index (κ1) is 14.9. The third-order valence-corrected chi connectivity index (χ3v) is 3.03. The number of hydrogen-bond acceptors (Lipinski definition) is 4. The van der Waals surface area contributed by atoms with E-state index in [1.807, 2.05) is 12.1 Å². The molecule has 0 bridgehead atoms. The average Bonchev–Trinajstić information content (AvgIpc) is 2.47. The number of carbonyl (C=O) groups is 1. The Morgan fingerprint density at radius 3 is 2.81 bits per heavy atom. The molecule has 0 radical (unpaired) electrons. The van der Waals surface area contributed by atoms with E-state index in [9.17, 15) is 14.9 Å². The zero-order valence-electron chi connectivity index (χ0n) is 11.0. The first-order chi connectivity index (χ1) is 10.1. The lowest BCUT2D eigenvalue weighted by Crippen LogP contribution is -2.26. The van der Waals surface area contributed by atoms with Crippen molar-refractivity contribution in [1.29, 1.82) is 0 Å². The maximum Gasteiger partial charge on any atom is 0.282 e. The Morgan fingerprint density at radius 2 is 2.14 bits per heavy atom. The predicted molar refractivity (Wildman–Crippen MR) is 78.4 cm³/mol. The summed E-state index contributed by atoms with van der Waals surface area (Å²) >= 11 is 5.78. The second-order valence-electron chi connectivity index (χ2n) is 4.25. The van der Waals surface area contributed by atoms with Gasteiger partial charge in [-0.15, -0.1) is 0 Å². The molecule has 0 spiro atoms. The van der Waals surface area contributed by atoms with Crippen LogP contribution in [0.2, 0.25) is 5.02 Å². The van der Waals surface area contributed by atoms with Crippen molar-refractivity contribution in [2.75, 3.05) is 6.54 Å². The van der Waals surface area contributed by atoms with E-state index < -0.39 is 10.8 Å². The molecule has 0 aliphatic carbocycles. The summed E-state index contributed by atoms with van der Waals surface area (Å²) in [5.41, 5.74) is 0.515. The fourth-order valence-corrected chi connectivity index (χ4v) is 1.97. The second-order valence-corrected chi connectivity index (χ2v) is 4.68. The van der Waals surface area contributed by atoms with Crippen molar-refractivity contribution in [3.63, 3.8) is 0 Å². The maximum absolute atomic E-state index is 12.0. The Morgan fingerprint density at radius 1 is 1.33 bits per heavy atom. The number of nitrogens with zero attached hydrogens (tertiary/aromatic N) is 2. The standard InChI is InChI=1S/C14H12ClN3O3/c15-10-4-5-13(18(20)21)12(9-10)14(19)17-8-6-11-3-1-2-7-16-11/h1-5,7,9H,6,8H2,(H,17,19). The lowest BCUT2D eigenvalue weighted by molar-refractivity contribution is -0.385. The van der Waals surface area contributed by atoms with Gasteiger partial charge < -0.3 is 5.32 Å². The normalized spacial score (nSPS) is 10.1. The van der Waals surface area contributed by atoms with Gasteiger partial charge in [0.2, 0.25) is 0 Å². The van der Waals surface area contributed by atoms with Crippen molar-refractivity contribution >= 4 is 23.2 Å². The monoisotopic (exact) mass is 305 g/mol. The van der Waals surface area contributed by atoms with Crippen molar-refractivity contribution in [3.8, 4) is 0 Å². The molecule has 0 atom stereocenters. The van der Waals surface area contributed by atoms with Crippen LogP contribution in [0.3, 0.4) is 0 Å². The lowest BCUT2D eigenvalue weighted by Gasteiger charge is -2.06. The largest absolute Gasteiger partial charge is 0.351 e. The summed E-state index contributed by atoms with van der Waals surface area (Å²) in [6.45, 7) is 0.333. The van der Waals surface area contributed by atoms with E-state index in [2.05, 4.69) is 10.3 Å². The molecule has 1 heterocycles. The van der Waals surface area contributed by atoms with Crippen molar-refractivity contribution in [1.82, 2.24) is 10.3 Å². The molecular weight excluding hydrogens is 294 g/mol. The van der Waals surface area contributed by atoms with Gasteiger partial charge in [-0.3, -0.25) is 19.9 Å². The van der Waals surface area contributed by atoms with Crippen molar-refractivity contribution in [3.05, 3.63) is 69.0 Å². The van der Waals surface area contributed by atoms with E-state index in [0.29, 0.717) is 13.0 Å². The Kier molecular flexibility index (Phi) is 4.84. The number of halogens is 1. The minimum absolute atomic E-state index is 0.0477. The molecule has 2 aromatic rings. The Bertz CT molecular complexity index is 662. The predicted octanol–water partition coefficient (Wildman–Crippen LogP) is 2.62. The third kappa shape index (κ3) is 4.00. The zero-order chi connectivity index (χ0) is 15.2. The van der Waals surface area contributed by atoms with Gasteiger partial charge in [0.25, 0.3) is 11.6 Å². The number of nitro groups is 1. The third-order valence-electron chi connectivity index (χ3n) is 2.79. The molecule has 0 aliphatic heterocycles. The molecule has 0 saturated heterocycles. The van der Waals surface area contributed by atoms with Gasteiger partial charge in [-0.05, 0) is 24.3 Å². The summed E-state index contributed by atoms with van der Waals surface area (Å²) in [6, 6.07) is 9.38. The van der Waals surface area contributed by atoms with E-state index in [4.69, 9.17) is 11.6 Å². The van der Waals surface area contributed by atoms with Crippen LogP contribution in [0.4, 0.5) is 5.69 Å². The van der Waals surface area contributed by atoms with Crippen LogP contribution in [0.1, 0.15) is 16.1 Å². The van der Waals surface area contributed by atoms with Crippen LogP contribution in [0.25, 0.3) is 0 Å². The molecule has 7 heteroatoms. The topological polar surface area (TPSA) is 85.1 Å². The number of nitro benzene ring substituents is 1. The summed E-state index contributed by atoms with van der Waals surface area (Å²) < 4.78 is 0. The number of aromatic nitrogens is 1. The highest BCUT2D eigenvalue weighted by molar-refractivity contribution is 6.31. The van der Waals surface area contributed by atoms with Crippen LogP contribution in [-0.2, 0) is 6.42 Å². The van der Waals surface area contributed by atoms with Crippen molar-refractivity contribution in [2.45, 2.75) is 6.42 Å². The molecule has 0 saturated carbocycles. The summed E-state index contributed by atoms with van der Waals surface area (Å²) in [5, 5.41) is 13.8. The van der Waals surface area contributed by atoms with Gasteiger partial charge in [-0.1, -0.05) is 17.7 Å². The SMILES string of the molecule is O=C(NCCc1ccccn1)c1cc(Cl)ccc1[N+](=O)[O-]. The maximum atomic E-state index is 12.0. The minimum Gasteiger partial charge on any atom is -0.351 e. The van der Waals surface area contributed by atoms with Crippen molar-refractivity contribution in [2.24, 2.45) is 0 Å². The van der Waals surface area contributed by atoms with Crippen LogP contribution in [-0.4, -0.2) is 22.4 Å². The summed E-state index contributed by atoms with van der Waals surface area (Å²) in [6.07, 6.45) is 2.21. The quantitative estimate of drug-likeness (QED) is 0.679. The van der Waals surface area contributed by atoms with Crippen molar-refractivity contribution < 1.29 is 9.72 Å². The fourth-order valence-electron chi connectivity index (χ4n) is 1.79. The highest BCUT2D eigenvalue weighted by Crippen LogP contribution is 2.22. The molecule has 0 fully saturated rings. The Balaban J connectivity index is 2.03. The highest BCUT2D eigenvalue weighted by atomic mass is 35.5. The van der Waals surface area contributed by atoms with Gasteiger partial charge in [0.15, 0.2) is 0 Å². The Hall–Kier alpha value is -2.47. The van der Waals surface area contributed by atoms with Crippen LogP contribution in [0, 0.1) is 10.1 Å². The van der Waals surface area contributed by atoms with Gasteiger partial charge in [0.05, 0.1) is 4.92 Å². The highest BCUT2D eigenvalue weighted by Gasteiger charge is 2.20. The second kappa shape index (κ2) is 6.81. The van der Waals surface area contributed by atoms with E-state index in [1.54, 1.807) is 12.3 Å². The van der Waals surface area contributed by atoms with Gasteiger partial charge in [0.1, 0.15) is 5.56 Å². The van der Waals surface area contributed by atoms with Crippen LogP contribution in [0.15, 0.2) is 42.6 Å². The summed E-state index contributed by atoms with van der Waals surface area (Å²) in [5.74, 6) is -0.528. The minimum atomic E-state index is -0.607. The molecule has 0 unspecified atom stereocenters. The number of hydrogen-bond donors (Lipinski definition) is 1. The number of nitrogens with one attached hydrogen (secondary N) is 1. The number of benzene rings is 1. The molecule has 1 amide bonds. The molecule has 21 heavy (non-hydrogen) atoms. The molecular formula is C14H12ClN3O3. The summed E-state index contributed by atoms with van der Waals surface area (Å²) in [7, 11) is 0. The first-order valence-corrected chi connectivity index (χ1v) is 6.58. The van der Waals surface area contributed by atoms with Gasteiger partial charge in [-0.2, -0.15) is 0 Å². The van der Waals surface area contributed by atoms with E-state index >= 15 is 0 Å². The smallest absolute Gasteiger partial charge is 0.282 e. The van der Waals surface area contributed by atoms with E-state index in [-0.39, 0.29) is 16.3 Å². The Labute approximate surface area is 125 Å². The number of rotatable bonds is 5. The fraction of sp³-hybridized carbons (Fsp3) is 0.143. The summed E-state index contributed by atoms with van der Waals surface area (Å²) in [4.78, 5) is 26.4. The zero-order valence-corrected chi connectivity index (χ0v) is 11.7. The molecule has 108 valence electrons. The first-order valence-electron chi connectivity index (χ1n) is 6.20. The molecule has 1 aromatic carbocycles. The average molecular weight is 306 g/mol. The number of pyridine rings is 1. The van der Waals surface area contributed by atoms with Crippen LogP contribution in [0.5, 0.6) is 0 Å². The molecule has 1 aromatic heterocycles. The van der Waals surface area contributed by atoms with Gasteiger partial charge in [-0.25, -0.2) is 0 Å². The van der Waals surface area contributed by atoms with Gasteiger partial charge in [0, 0.05) is 35.9 Å². The lowest BCUT2D eigenvalue weighted by atomic mass is 10.1. The molecule has 2 rings (SSSR count). The van der Waals surface area contributed by atoms with Crippen LogP contribution >= 0.6 is 11.6 Å². The number of amides is 1. The van der Waals surface area contributed by atoms with E-state index in [0.717, 1.165) is 5.69 Å².